The Balaban J connectivity index is 1.31. The Morgan fingerprint density at radius 1 is 1.05 bits per heavy atom. The van der Waals surface area contributed by atoms with Crippen molar-refractivity contribution in [1.29, 1.82) is 0 Å². The normalized spacial score (nSPS) is 19.3. The van der Waals surface area contributed by atoms with Crippen LogP contribution in [0.5, 0.6) is 0 Å². The predicted octanol–water partition coefficient (Wildman–Crippen LogP) is 5.58. The van der Waals surface area contributed by atoms with Crippen LogP contribution in [0.2, 0.25) is 0 Å². The number of halogens is 5. The molecule has 0 aliphatic carbocycles. The highest BCUT2D eigenvalue weighted by Crippen LogP contribution is 2.36. The van der Waals surface area contributed by atoms with E-state index >= 15 is 0 Å². The average molecular weight is 589 g/mol. The maximum atomic E-state index is 14.1. The van der Waals surface area contributed by atoms with E-state index in [-0.39, 0.29) is 48.6 Å². The van der Waals surface area contributed by atoms with E-state index in [1.54, 1.807) is 17.9 Å². The topological polar surface area (TPSA) is 97.0 Å². The van der Waals surface area contributed by atoms with Gasteiger partial charge in [0.25, 0.3) is 5.89 Å². The van der Waals surface area contributed by atoms with Crippen molar-refractivity contribution < 1.29 is 31.2 Å². The third-order valence-corrected chi connectivity index (χ3v) is 7.48. The summed E-state index contributed by atoms with van der Waals surface area (Å²) >= 11 is 0. The van der Waals surface area contributed by atoms with Gasteiger partial charge in [-0.1, -0.05) is 18.2 Å². The number of carbonyl (C=O) groups is 1. The van der Waals surface area contributed by atoms with E-state index in [1.807, 2.05) is 6.92 Å². The molecule has 5 rings (SSSR count). The molecule has 222 valence electrons. The molecule has 0 saturated carbocycles. The second-order valence-electron chi connectivity index (χ2n) is 10.3. The summed E-state index contributed by atoms with van der Waals surface area (Å²) in [5.74, 6) is -0.948. The van der Waals surface area contributed by atoms with Gasteiger partial charge in [0.15, 0.2) is 0 Å². The van der Waals surface area contributed by atoms with Gasteiger partial charge < -0.3 is 14.6 Å². The molecule has 2 aliphatic rings. The van der Waals surface area contributed by atoms with Crippen molar-refractivity contribution in [3.8, 4) is 11.5 Å². The molecule has 0 bridgehead atoms. The average Bonchev–Trinajstić information content (AvgIpc) is 3.39. The van der Waals surface area contributed by atoms with Gasteiger partial charge in [0.2, 0.25) is 11.8 Å². The van der Waals surface area contributed by atoms with Gasteiger partial charge in [-0.05, 0) is 51.7 Å². The van der Waals surface area contributed by atoms with Crippen LogP contribution < -0.4 is 5.32 Å². The number of hydrogen-bond donors (Lipinski definition) is 1. The summed E-state index contributed by atoms with van der Waals surface area (Å²) in [6.07, 6.45) is -0.528. The summed E-state index contributed by atoms with van der Waals surface area (Å²) < 4.78 is 73.3. The number of amides is 1. The SMILES string of the molecule is Cc1nc(C)c(-c2nnc(/C3=C/CN/C(C(F)(F)F)=C\CC3)o2)c(C2CCN(C(=O)Cc3c(F)cccc3F)CC2)n1. The lowest BCUT2D eigenvalue weighted by molar-refractivity contribution is -0.131. The Morgan fingerprint density at radius 2 is 1.74 bits per heavy atom. The highest BCUT2D eigenvalue weighted by molar-refractivity contribution is 5.79. The first-order valence-corrected chi connectivity index (χ1v) is 13.6. The number of piperidine rings is 1. The number of benzene rings is 1. The minimum atomic E-state index is -4.44. The molecule has 2 aromatic heterocycles. The quantitative estimate of drug-likeness (QED) is 0.389. The summed E-state index contributed by atoms with van der Waals surface area (Å²) in [4.78, 5) is 23.6. The number of nitrogens with one attached hydrogen (secondary N) is 1. The van der Waals surface area contributed by atoms with Crippen molar-refractivity contribution >= 4 is 11.5 Å². The highest BCUT2D eigenvalue weighted by Gasteiger charge is 2.34. The molecule has 1 fully saturated rings. The second kappa shape index (κ2) is 12.0. The van der Waals surface area contributed by atoms with Crippen molar-refractivity contribution in [2.45, 2.75) is 58.0 Å². The van der Waals surface area contributed by atoms with Crippen molar-refractivity contribution in [3.05, 3.63) is 76.3 Å². The van der Waals surface area contributed by atoms with Crippen LogP contribution in [0.15, 0.2) is 40.5 Å². The number of nitrogens with zero attached hydrogens (tertiary/aromatic N) is 5. The van der Waals surface area contributed by atoms with E-state index in [2.05, 4.69) is 20.5 Å². The second-order valence-corrected chi connectivity index (χ2v) is 10.3. The summed E-state index contributed by atoms with van der Waals surface area (Å²) in [6, 6.07) is 3.53. The summed E-state index contributed by atoms with van der Waals surface area (Å²) in [5, 5.41) is 10.8. The Kier molecular flexibility index (Phi) is 8.37. The number of aryl methyl sites for hydroxylation is 2. The fourth-order valence-corrected chi connectivity index (χ4v) is 5.36. The molecule has 42 heavy (non-hydrogen) atoms. The number of rotatable bonds is 5. The maximum absolute atomic E-state index is 14.1. The molecular weight excluding hydrogens is 559 g/mol. The van der Waals surface area contributed by atoms with Crippen LogP contribution in [0.4, 0.5) is 22.0 Å². The molecule has 0 radical (unpaired) electrons. The van der Waals surface area contributed by atoms with Crippen molar-refractivity contribution in [2.24, 2.45) is 0 Å². The number of aromatic nitrogens is 4. The number of carbonyl (C=O) groups excluding carboxylic acids is 1. The van der Waals surface area contributed by atoms with Crippen molar-refractivity contribution in [2.75, 3.05) is 19.6 Å². The van der Waals surface area contributed by atoms with Crippen molar-refractivity contribution in [1.82, 2.24) is 30.4 Å². The number of likely N-dealkylation sites (tertiary alicyclic amines) is 1. The van der Waals surface area contributed by atoms with Gasteiger partial charge in [-0.25, -0.2) is 18.7 Å². The first-order chi connectivity index (χ1) is 20.0. The minimum absolute atomic E-state index is 0.0445. The molecule has 1 N–H and O–H groups in total. The molecule has 1 aromatic carbocycles. The Hall–Kier alpha value is -4.16. The third-order valence-electron chi connectivity index (χ3n) is 7.48. The molecule has 2 aliphatic heterocycles. The molecule has 1 saturated heterocycles. The van der Waals surface area contributed by atoms with E-state index in [9.17, 15) is 26.7 Å². The third kappa shape index (κ3) is 6.34. The fraction of sp³-hybridized carbons (Fsp3) is 0.414. The zero-order valence-electron chi connectivity index (χ0n) is 23.1. The number of hydrogen-bond acceptors (Lipinski definition) is 7. The summed E-state index contributed by atoms with van der Waals surface area (Å²) in [6.45, 7) is 4.29. The van der Waals surface area contributed by atoms with Crippen LogP contribution in [-0.4, -0.2) is 56.8 Å². The monoisotopic (exact) mass is 588 g/mol. The number of allylic oxidation sites excluding steroid dienone is 3. The summed E-state index contributed by atoms with van der Waals surface area (Å²) in [7, 11) is 0. The predicted molar refractivity (Wildman–Crippen MR) is 143 cm³/mol. The molecule has 1 amide bonds. The standard InChI is InChI=1S/C29H29F5N6O2/c1-16-25(28-39-38-27(42-28)19-5-3-8-23(29(32,33)34)35-12-9-19)26(37-17(2)36-16)18-10-13-40(14-11-18)24(41)15-20-21(30)6-4-7-22(20)31/h4,6-9,18,35H,3,5,10-15H2,1-2H3/b19-9+,23-8-. The van der Waals surface area contributed by atoms with Crippen molar-refractivity contribution in [3.63, 3.8) is 0 Å². The van der Waals surface area contributed by atoms with Gasteiger partial charge in [-0.2, -0.15) is 13.2 Å². The van der Waals surface area contributed by atoms with Gasteiger partial charge in [0, 0.05) is 36.7 Å². The van der Waals surface area contributed by atoms with Crippen LogP contribution in [-0.2, 0) is 11.2 Å². The lowest BCUT2D eigenvalue weighted by Crippen LogP contribution is -2.39. The van der Waals surface area contributed by atoms with Gasteiger partial charge >= 0.3 is 6.18 Å². The van der Waals surface area contributed by atoms with Gasteiger partial charge in [-0.3, -0.25) is 4.79 Å². The van der Waals surface area contributed by atoms with Crippen LogP contribution in [0.3, 0.4) is 0 Å². The molecule has 13 heteroatoms. The first kappa shape index (κ1) is 29.3. The molecule has 4 heterocycles. The van der Waals surface area contributed by atoms with E-state index in [0.717, 1.165) is 18.2 Å². The lowest BCUT2D eigenvalue weighted by atomic mass is 9.89. The van der Waals surface area contributed by atoms with Crippen LogP contribution in [0.1, 0.15) is 60.3 Å². The van der Waals surface area contributed by atoms with E-state index < -0.39 is 23.5 Å². The van der Waals surface area contributed by atoms with Gasteiger partial charge in [0.05, 0.1) is 23.4 Å². The van der Waals surface area contributed by atoms with Gasteiger partial charge in [-0.15, -0.1) is 10.2 Å². The minimum Gasteiger partial charge on any atom is -0.416 e. The highest BCUT2D eigenvalue weighted by atomic mass is 19.4. The maximum Gasteiger partial charge on any atom is 0.430 e. The van der Waals surface area contributed by atoms with Crippen LogP contribution in [0.25, 0.3) is 17.0 Å². The van der Waals surface area contributed by atoms with E-state index in [4.69, 9.17) is 9.40 Å². The Labute approximate surface area is 238 Å². The smallest absolute Gasteiger partial charge is 0.416 e. The zero-order valence-corrected chi connectivity index (χ0v) is 23.1. The first-order valence-electron chi connectivity index (χ1n) is 13.6. The Bertz CT molecular complexity index is 1520. The van der Waals surface area contributed by atoms with E-state index in [0.29, 0.717) is 60.7 Å². The van der Waals surface area contributed by atoms with Crippen LogP contribution in [0, 0.1) is 25.5 Å². The number of alkyl halides is 3. The molecule has 0 unspecified atom stereocenters. The lowest BCUT2D eigenvalue weighted by Gasteiger charge is -2.32. The zero-order chi connectivity index (χ0) is 30.0. The molecule has 0 spiro atoms. The summed E-state index contributed by atoms with van der Waals surface area (Å²) in [5.41, 5.74) is 1.53. The van der Waals surface area contributed by atoms with Crippen LogP contribution >= 0.6 is 0 Å². The molecule has 8 nitrogen and oxygen atoms in total. The fourth-order valence-electron chi connectivity index (χ4n) is 5.36. The van der Waals surface area contributed by atoms with Gasteiger partial charge in [0.1, 0.15) is 23.2 Å². The molecular formula is C29H29F5N6O2. The largest absolute Gasteiger partial charge is 0.430 e. The Morgan fingerprint density at radius 3 is 2.43 bits per heavy atom. The molecule has 3 aromatic rings. The van der Waals surface area contributed by atoms with E-state index in [1.165, 1.54) is 6.07 Å². The molecule has 0 atom stereocenters.